The second-order valence-corrected chi connectivity index (χ2v) is 8.83. The van der Waals surface area contributed by atoms with Crippen molar-refractivity contribution in [2.75, 3.05) is 11.9 Å². The molecule has 4 aromatic rings. The predicted molar refractivity (Wildman–Crippen MR) is 129 cm³/mol. The van der Waals surface area contributed by atoms with E-state index in [1.165, 1.54) is 0 Å². The first-order chi connectivity index (χ1) is 17.7. The molecule has 1 unspecified atom stereocenters. The molecule has 3 aromatic heterocycles. The number of carbonyl (C=O) groups excluding carboxylic acids is 2. The zero-order valence-corrected chi connectivity index (χ0v) is 19.7. The van der Waals surface area contributed by atoms with Gasteiger partial charge in [0.2, 0.25) is 5.91 Å². The number of halogens is 3. The van der Waals surface area contributed by atoms with Crippen LogP contribution in [0.1, 0.15) is 25.8 Å². The van der Waals surface area contributed by atoms with Crippen LogP contribution in [0.4, 0.5) is 23.7 Å². The smallest absolute Gasteiger partial charge is 0.352 e. The van der Waals surface area contributed by atoms with Crippen molar-refractivity contribution in [2.24, 2.45) is 0 Å². The third-order valence-corrected chi connectivity index (χ3v) is 5.86. The first-order valence-electron chi connectivity index (χ1n) is 11.6. The van der Waals surface area contributed by atoms with Crippen molar-refractivity contribution in [1.29, 1.82) is 0 Å². The second-order valence-electron chi connectivity index (χ2n) is 8.83. The molecule has 1 aliphatic rings. The normalized spacial score (nSPS) is 14.4. The van der Waals surface area contributed by atoms with E-state index in [-0.39, 0.29) is 11.9 Å². The van der Waals surface area contributed by atoms with Crippen LogP contribution in [0.5, 0.6) is 0 Å². The van der Waals surface area contributed by atoms with Gasteiger partial charge in [-0.3, -0.25) is 9.48 Å². The van der Waals surface area contributed by atoms with Crippen molar-refractivity contribution in [3.8, 4) is 22.4 Å². The summed E-state index contributed by atoms with van der Waals surface area (Å²) < 4.78 is 40.2. The van der Waals surface area contributed by atoms with Gasteiger partial charge in [-0.15, -0.1) is 0 Å². The molecule has 1 saturated carbocycles. The van der Waals surface area contributed by atoms with Crippen LogP contribution in [0.15, 0.2) is 55.1 Å². The highest BCUT2D eigenvalue weighted by Gasteiger charge is 2.28. The molecular formula is C24H23F3N8O2. The predicted octanol–water partition coefficient (Wildman–Crippen LogP) is 3.78. The van der Waals surface area contributed by atoms with Gasteiger partial charge in [0.05, 0.1) is 24.3 Å². The Balaban J connectivity index is 1.32. The van der Waals surface area contributed by atoms with Crippen LogP contribution in [0.2, 0.25) is 0 Å². The Labute approximate surface area is 208 Å². The Morgan fingerprint density at radius 2 is 1.86 bits per heavy atom. The van der Waals surface area contributed by atoms with E-state index in [0.717, 1.165) is 24.0 Å². The molecule has 3 N–H and O–H groups in total. The second kappa shape index (κ2) is 9.56. The number of imidazole rings is 1. The maximum Gasteiger partial charge on any atom is 0.405 e. The minimum atomic E-state index is -4.50. The maximum absolute atomic E-state index is 12.3. The number of nitrogens with zero attached hydrogens (tertiary/aromatic N) is 5. The summed E-state index contributed by atoms with van der Waals surface area (Å²) in [5.74, 6) is -0.0711. The van der Waals surface area contributed by atoms with E-state index in [2.05, 4.69) is 25.8 Å². The molecule has 10 nitrogen and oxygen atoms in total. The van der Waals surface area contributed by atoms with Gasteiger partial charge < -0.3 is 16.0 Å². The summed E-state index contributed by atoms with van der Waals surface area (Å²) in [5.41, 5.74) is 3.70. The van der Waals surface area contributed by atoms with Crippen molar-refractivity contribution in [3.63, 3.8) is 0 Å². The number of fused-ring (bicyclic) bond motifs is 1. The Morgan fingerprint density at radius 1 is 1.08 bits per heavy atom. The summed E-state index contributed by atoms with van der Waals surface area (Å²) in [6.07, 6.45) is 4.24. The lowest BCUT2D eigenvalue weighted by Crippen LogP contribution is -2.36. The average molecular weight is 512 g/mol. The molecule has 13 heteroatoms. The van der Waals surface area contributed by atoms with Crippen molar-refractivity contribution < 1.29 is 22.8 Å². The SMILES string of the molecule is CC(C(=O)NC1CC1)n1cc(-c2cnn3c(-c4cccc(NC(=O)NCC(F)(F)F)c4)cnc3c2)cn1. The molecule has 37 heavy (non-hydrogen) atoms. The molecule has 0 radical (unpaired) electrons. The molecule has 0 spiro atoms. The lowest BCUT2D eigenvalue weighted by Gasteiger charge is -2.11. The van der Waals surface area contributed by atoms with Crippen LogP contribution < -0.4 is 16.0 Å². The fourth-order valence-corrected chi connectivity index (χ4v) is 3.71. The molecule has 1 fully saturated rings. The standard InChI is InChI=1S/C24H23F3N8O2/c1-14(22(36)32-18-5-6-18)34-12-17(10-30-34)16-8-21-28-11-20(35(21)31-9-16)15-3-2-4-19(7-15)33-23(37)29-13-24(25,26)27/h2-4,7-12,14,18H,5-6,13H2,1H3,(H,32,36)(H2,29,33,37). The van der Waals surface area contributed by atoms with Gasteiger partial charge in [0.25, 0.3) is 0 Å². The molecule has 3 amide bonds. The lowest BCUT2D eigenvalue weighted by atomic mass is 10.1. The molecule has 3 heterocycles. The van der Waals surface area contributed by atoms with E-state index in [1.807, 2.05) is 6.07 Å². The summed E-state index contributed by atoms with van der Waals surface area (Å²) >= 11 is 0. The fraction of sp³-hybridized carbons (Fsp3) is 0.292. The number of aromatic nitrogens is 5. The third-order valence-electron chi connectivity index (χ3n) is 5.86. The van der Waals surface area contributed by atoms with Gasteiger partial charge in [0, 0.05) is 34.6 Å². The highest BCUT2D eigenvalue weighted by molar-refractivity contribution is 5.90. The number of hydrogen-bond acceptors (Lipinski definition) is 5. The van der Waals surface area contributed by atoms with Gasteiger partial charge in [0.15, 0.2) is 5.65 Å². The molecule has 0 bridgehead atoms. The first kappa shape index (κ1) is 24.3. The summed E-state index contributed by atoms with van der Waals surface area (Å²) in [5, 5.41) is 16.0. The Kier molecular flexibility index (Phi) is 6.27. The van der Waals surface area contributed by atoms with Gasteiger partial charge in [-0.25, -0.2) is 14.3 Å². The van der Waals surface area contributed by atoms with Crippen molar-refractivity contribution in [1.82, 2.24) is 35.0 Å². The van der Waals surface area contributed by atoms with Crippen LogP contribution in [-0.2, 0) is 4.79 Å². The molecule has 1 atom stereocenters. The van der Waals surface area contributed by atoms with Crippen molar-refractivity contribution >= 4 is 23.3 Å². The fourth-order valence-electron chi connectivity index (χ4n) is 3.71. The van der Waals surface area contributed by atoms with Gasteiger partial charge in [-0.1, -0.05) is 12.1 Å². The van der Waals surface area contributed by atoms with Gasteiger partial charge in [0.1, 0.15) is 12.6 Å². The van der Waals surface area contributed by atoms with E-state index in [9.17, 15) is 22.8 Å². The number of alkyl halides is 3. The summed E-state index contributed by atoms with van der Waals surface area (Å²) in [4.78, 5) is 28.6. The molecule has 192 valence electrons. The van der Waals surface area contributed by atoms with Crippen LogP contribution >= 0.6 is 0 Å². The van der Waals surface area contributed by atoms with Gasteiger partial charge in [-0.2, -0.15) is 23.4 Å². The van der Waals surface area contributed by atoms with Crippen molar-refractivity contribution in [3.05, 3.63) is 55.1 Å². The minimum Gasteiger partial charge on any atom is -0.352 e. The maximum atomic E-state index is 12.3. The summed E-state index contributed by atoms with van der Waals surface area (Å²) in [6.45, 7) is 0.364. The van der Waals surface area contributed by atoms with E-state index in [0.29, 0.717) is 22.6 Å². The Morgan fingerprint density at radius 3 is 2.62 bits per heavy atom. The zero-order chi connectivity index (χ0) is 26.2. The minimum absolute atomic E-state index is 0.0711. The van der Waals surface area contributed by atoms with Crippen molar-refractivity contribution in [2.45, 2.75) is 38.0 Å². The molecule has 0 saturated heterocycles. The van der Waals surface area contributed by atoms with Gasteiger partial charge >= 0.3 is 12.2 Å². The number of amides is 3. The van der Waals surface area contributed by atoms with Crippen LogP contribution in [-0.4, -0.2) is 55.1 Å². The number of rotatable bonds is 7. The number of carbonyl (C=O) groups is 2. The monoisotopic (exact) mass is 512 g/mol. The van der Waals surface area contributed by atoms with Crippen LogP contribution in [0.3, 0.4) is 0 Å². The zero-order valence-electron chi connectivity index (χ0n) is 19.7. The molecule has 0 aliphatic heterocycles. The number of hydrogen-bond donors (Lipinski definition) is 3. The molecular weight excluding hydrogens is 489 g/mol. The van der Waals surface area contributed by atoms with E-state index < -0.39 is 24.8 Å². The first-order valence-corrected chi connectivity index (χ1v) is 11.6. The molecule has 5 rings (SSSR count). The number of nitrogens with one attached hydrogen (secondary N) is 3. The summed E-state index contributed by atoms with van der Waals surface area (Å²) in [6, 6.07) is 7.32. The average Bonchev–Trinajstić information content (AvgIpc) is 3.37. The largest absolute Gasteiger partial charge is 0.405 e. The summed E-state index contributed by atoms with van der Waals surface area (Å²) in [7, 11) is 0. The van der Waals surface area contributed by atoms with Crippen LogP contribution in [0.25, 0.3) is 28.0 Å². The van der Waals surface area contributed by atoms with Crippen LogP contribution in [0, 0.1) is 0 Å². The quantitative estimate of drug-likeness (QED) is 0.348. The van der Waals surface area contributed by atoms with E-state index >= 15 is 0 Å². The Bertz CT molecular complexity index is 1460. The Hall–Kier alpha value is -4.42. The van der Waals surface area contributed by atoms with E-state index in [4.69, 9.17) is 0 Å². The topological polar surface area (TPSA) is 118 Å². The number of benzene rings is 1. The highest BCUT2D eigenvalue weighted by atomic mass is 19.4. The van der Waals surface area contributed by atoms with E-state index in [1.54, 1.807) is 70.5 Å². The molecule has 1 aromatic carbocycles. The number of urea groups is 1. The lowest BCUT2D eigenvalue weighted by molar-refractivity contribution is -0.124. The third kappa shape index (κ3) is 5.71. The van der Waals surface area contributed by atoms with Gasteiger partial charge in [-0.05, 0) is 38.0 Å². The molecule has 1 aliphatic carbocycles. The highest BCUT2D eigenvalue weighted by Crippen LogP contribution is 2.26. The number of anilines is 1.